The lowest BCUT2D eigenvalue weighted by atomic mass is 10.0. The molecule has 2 saturated heterocycles. The fourth-order valence-electron chi connectivity index (χ4n) is 4.94. The van der Waals surface area contributed by atoms with Crippen molar-refractivity contribution in [3.63, 3.8) is 0 Å². The van der Waals surface area contributed by atoms with Crippen LogP contribution in [0, 0.1) is 0 Å². The van der Waals surface area contributed by atoms with Gasteiger partial charge in [0.2, 0.25) is 5.91 Å². The Bertz CT molecular complexity index is 854. The molecule has 0 aromatic heterocycles. The monoisotopic (exact) mass is 440 g/mol. The zero-order valence-electron chi connectivity index (χ0n) is 18.3. The molecule has 2 aromatic rings. The van der Waals surface area contributed by atoms with Crippen LogP contribution in [-0.4, -0.2) is 60.5 Å². The highest BCUT2D eigenvalue weighted by atomic mass is 35.5. The fourth-order valence-corrected chi connectivity index (χ4v) is 5.15. The second-order valence-corrected chi connectivity index (χ2v) is 9.26. The number of likely N-dealkylation sites (tertiary alicyclic amines) is 2. The average molecular weight is 441 g/mol. The first-order valence-electron chi connectivity index (χ1n) is 11.3. The molecule has 2 aliphatic rings. The number of amides is 1. The summed E-state index contributed by atoms with van der Waals surface area (Å²) in [5.41, 5.74) is 2.53. The van der Waals surface area contributed by atoms with Crippen LogP contribution in [0.15, 0.2) is 54.6 Å². The number of piperidine rings is 1. The second-order valence-electron chi connectivity index (χ2n) is 8.82. The zero-order valence-corrected chi connectivity index (χ0v) is 19.0. The Kier molecular flexibility index (Phi) is 7.62. The maximum atomic E-state index is 12.5. The molecule has 2 atom stereocenters. The smallest absolute Gasteiger partial charge is 0.237 e. The van der Waals surface area contributed by atoms with E-state index in [1.54, 1.807) is 7.05 Å². The van der Waals surface area contributed by atoms with Crippen molar-refractivity contribution >= 4 is 17.5 Å². The van der Waals surface area contributed by atoms with E-state index in [1.807, 2.05) is 18.2 Å². The summed E-state index contributed by atoms with van der Waals surface area (Å²) in [5.74, 6) is 0.101. The Labute approximate surface area is 190 Å². The maximum absolute atomic E-state index is 12.5. The lowest BCUT2D eigenvalue weighted by Crippen LogP contribution is -2.46. The first-order valence-corrected chi connectivity index (χ1v) is 11.7. The minimum atomic E-state index is -0.0975. The van der Waals surface area contributed by atoms with Crippen LogP contribution in [0.3, 0.4) is 0 Å². The Morgan fingerprint density at radius 2 is 1.74 bits per heavy atom. The second kappa shape index (κ2) is 10.6. The van der Waals surface area contributed by atoms with Crippen LogP contribution in [0.2, 0.25) is 5.02 Å². The lowest BCUT2D eigenvalue weighted by Gasteiger charge is -2.34. The van der Waals surface area contributed by atoms with Gasteiger partial charge in [-0.2, -0.15) is 0 Å². The van der Waals surface area contributed by atoms with Crippen molar-refractivity contribution in [2.24, 2.45) is 0 Å². The number of carbonyl (C=O) groups excluding carboxylic acids is 1. The van der Waals surface area contributed by atoms with Crippen LogP contribution in [0.5, 0.6) is 0 Å². The van der Waals surface area contributed by atoms with Crippen molar-refractivity contribution in [2.75, 3.05) is 26.7 Å². The summed E-state index contributed by atoms with van der Waals surface area (Å²) in [7, 11) is 1.73. The Morgan fingerprint density at radius 1 is 1.00 bits per heavy atom. The van der Waals surface area contributed by atoms with Crippen molar-refractivity contribution < 1.29 is 4.79 Å². The van der Waals surface area contributed by atoms with Crippen molar-refractivity contribution in [3.8, 4) is 0 Å². The van der Waals surface area contributed by atoms with Crippen LogP contribution in [0.25, 0.3) is 0 Å². The van der Waals surface area contributed by atoms with Gasteiger partial charge in [0.15, 0.2) is 0 Å². The molecule has 0 unspecified atom stereocenters. The van der Waals surface area contributed by atoms with Gasteiger partial charge < -0.3 is 10.6 Å². The molecule has 0 radical (unpaired) electrons. The Hall–Kier alpha value is -1.92. The zero-order chi connectivity index (χ0) is 21.6. The summed E-state index contributed by atoms with van der Waals surface area (Å²) < 4.78 is 0. The standard InChI is InChI=1S/C25H33ClN4O/c1-27-25(31)24-15-23(18-30(24)17-20-8-5-9-21(26)14-20)28-22-10-12-29(13-11-22)16-19-6-3-2-4-7-19/h2-9,14,22-24,28H,10-13,15-18H2,1H3,(H,27,31)/t23-,24-/m0/s1. The summed E-state index contributed by atoms with van der Waals surface area (Å²) in [5, 5.41) is 7.45. The SMILES string of the molecule is CNC(=O)[C@@H]1C[C@H](NC2CCN(Cc3ccccc3)CC2)CN1Cc1cccc(Cl)c1. The molecule has 2 aliphatic heterocycles. The van der Waals surface area contributed by atoms with Crippen LogP contribution in [0.1, 0.15) is 30.4 Å². The molecule has 2 fully saturated rings. The topological polar surface area (TPSA) is 47.6 Å². The van der Waals surface area contributed by atoms with Gasteiger partial charge in [-0.3, -0.25) is 14.6 Å². The molecule has 31 heavy (non-hydrogen) atoms. The molecule has 0 aliphatic carbocycles. The van der Waals surface area contributed by atoms with Crippen LogP contribution < -0.4 is 10.6 Å². The summed E-state index contributed by atoms with van der Waals surface area (Å²) in [6.45, 7) is 4.89. The predicted octanol–water partition coefficient (Wildman–Crippen LogP) is 3.28. The minimum absolute atomic E-state index is 0.0975. The summed E-state index contributed by atoms with van der Waals surface area (Å²) >= 11 is 6.16. The number of nitrogens with one attached hydrogen (secondary N) is 2. The van der Waals surface area contributed by atoms with Crippen LogP contribution in [-0.2, 0) is 17.9 Å². The van der Waals surface area contributed by atoms with Gasteiger partial charge in [-0.1, -0.05) is 54.1 Å². The van der Waals surface area contributed by atoms with Gasteiger partial charge in [0.25, 0.3) is 0 Å². The van der Waals surface area contributed by atoms with Gasteiger partial charge in [-0.15, -0.1) is 0 Å². The predicted molar refractivity (Wildman–Crippen MR) is 126 cm³/mol. The van der Waals surface area contributed by atoms with Gasteiger partial charge in [-0.05, 0) is 55.6 Å². The molecule has 0 saturated carbocycles. The van der Waals surface area contributed by atoms with Crippen molar-refractivity contribution in [1.82, 2.24) is 20.4 Å². The van der Waals surface area contributed by atoms with E-state index in [9.17, 15) is 4.79 Å². The van der Waals surface area contributed by atoms with E-state index < -0.39 is 0 Å². The van der Waals surface area contributed by atoms with E-state index in [0.717, 1.165) is 62.6 Å². The van der Waals surface area contributed by atoms with Gasteiger partial charge in [0.1, 0.15) is 0 Å². The molecule has 2 N–H and O–H groups in total. The number of likely N-dealkylation sites (N-methyl/N-ethyl adjacent to an activating group) is 1. The highest BCUT2D eigenvalue weighted by molar-refractivity contribution is 6.30. The number of benzene rings is 2. The lowest BCUT2D eigenvalue weighted by molar-refractivity contribution is -0.125. The van der Waals surface area contributed by atoms with Crippen molar-refractivity contribution in [2.45, 2.75) is 50.5 Å². The largest absolute Gasteiger partial charge is 0.358 e. The van der Waals surface area contributed by atoms with E-state index in [1.165, 1.54) is 5.56 Å². The van der Waals surface area contributed by atoms with Gasteiger partial charge in [0.05, 0.1) is 6.04 Å². The number of halogens is 1. The minimum Gasteiger partial charge on any atom is -0.358 e. The first kappa shape index (κ1) is 22.3. The van der Waals surface area contributed by atoms with E-state index in [-0.39, 0.29) is 11.9 Å². The van der Waals surface area contributed by atoms with Gasteiger partial charge in [-0.25, -0.2) is 0 Å². The molecule has 0 bridgehead atoms. The molecule has 5 nitrogen and oxygen atoms in total. The molecular formula is C25H33ClN4O. The first-order chi connectivity index (χ1) is 15.1. The highest BCUT2D eigenvalue weighted by Gasteiger charge is 2.37. The normalized spacial score (nSPS) is 23.2. The molecule has 2 heterocycles. The quantitative estimate of drug-likeness (QED) is 0.693. The third-order valence-electron chi connectivity index (χ3n) is 6.54. The molecular weight excluding hydrogens is 408 g/mol. The molecule has 2 aromatic carbocycles. The summed E-state index contributed by atoms with van der Waals surface area (Å²) in [6, 6.07) is 19.4. The number of rotatable bonds is 7. The van der Waals surface area contributed by atoms with Crippen LogP contribution >= 0.6 is 11.6 Å². The third-order valence-corrected chi connectivity index (χ3v) is 6.77. The van der Waals surface area contributed by atoms with Crippen molar-refractivity contribution in [1.29, 1.82) is 0 Å². The van der Waals surface area contributed by atoms with E-state index in [0.29, 0.717) is 12.1 Å². The van der Waals surface area contributed by atoms with E-state index in [4.69, 9.17) is 11.6 Å². The van der Waals surface area contributed by atoms with Gasteiger partial charge >= 0.3 is 0 Å². The van der Waals surface area contributed by atoms with E-state index in [2.05, 4.69) is 56.8 Å². The Balaban J connectivity index is 1.30. The van der Waals surface area contributed by atoms with Gasteiger partial charge in [0, 0.05) is 43.8 Å². The number of hydrogen-bond donors (Lipinski definition) is 2. The number of carbonyl (C=O) groups is 1. The number of nitrogens with zero attached hydrogens (tertiary/aromatic N) is 2. The van der Waals surface area contributed by atoms with Crippen LogP contribution in [0.4, 0.5) is 0 Å². The average Bonchev–Trinajstić information content (AvgIpc) is 3.17. The van der Waals surface area contributed by atoms with E-state index >= 15 is 0 Å². The molecule has 0 spiro atoms. The Morgan fingerprint density at radius 3 is 2.45 bits per heavy atom. The summed E-state index contributed by atoms with van der Waals surface area (Å²) in [6.07, 6.45) is 3.16. The molecule has 4 rings (SSSR count). The highest BCUT2D eigenvalue weighted by Crippen LogP contribution is 2.24. The molecule has 6 heteroatoms. The summed E-state index contributed by atoms with van der Waals surface area (Å²) in [4.78, 5) is 17.3. The maximum Gasteiger partial charge on any atom is 0.237 e. The number of hydrogen-bond acceptors (Lipinski definition) is 4. The molecule has 166 valence electrons. The third kappa shape index (κ3) is 6.07. The fraction of sp³-hybridized carbons (Fsp3) is 0.480. The van der Waals surface area contributed by atoms with Crippen molar-refractivity contribution in [3.05, 3.63) is 70.7 Å². The molecule has 1 amide bonds.